The van der Waals surface area contributed by atoms with Gasteiger partial charge in [0.2, 0.25) is 0 Å². The number of benzene rings is 1. The summed E-state index contributed by atoms with van der Waals surface area (Å²) < 4.78 is 36.9. The van der Waals surface area contributed by atoms with Gasteiger partial charge in [-0.1, -0.05) is 13.0 Å². The van der Waals surface area contributed by atoms with Gasteiger partial charge >= 0.3 is 0 Å². The van der Waals surface area contributed by atoms with Gasteiger partial charge in [0, 0.05) is 18.5 Å². The maximum Gasteiger partial charge on any atom is 0.255 e. The standard InChI is InChI=1S/C24H34N2O5S/c1-3-32(28,29)18-15-19(22-20(16-18)30-13-8-14-31-22)23(27)26-24(2,21-11-7-12-25-21)17-9-5-4-6-10-17/h9,15-16,21,25H,3-8,10-14H2,1-2H3,(H,26,27). The molecule has 2 heterocycles. The van der Waals surface area contributed by atoms with Crippen molar-refractivity contribution in [3.63, 3.8) is 0 Å². The zero-order chi connectivity index (χ0) is 22.8. The van der Waals surface area contributed by atoms with Crippen LogP contribution in [-0.2, 0) is 9.84 Å². The fourth-order valence-electron chi connectivity index (χ4n) is 4.94. The number of rotatable bonds is 6. The van der Waals surface area contributed by atoms with Crippen molar-refractivity contribution in [2.24, 2.45) is 0 Å². The Kier molecular flexibility index (Phi) is 6.81. The number of amides is 1. The minimum atomic E-state index is -3.52. The van der Waals surface area contributed by atoms with Crippen molar-refractivity contribution < 1.29 is 22.7 Å². The molecule has 2 unspecified atom stereocenters. The molecule has 1 amide bonds. The first kappa shape index (κ1) is 23.1. The molecule has 1 aromatic carbocycles. The van der Waals surface area contributed by atoms with E-state index in [1.165, 1.54) is 24.1 Å². The molecule has 0 radical (unpaired) electrons. The lowest BCUT2D eigenvalue weighted by molar-refractivity contribution is 0.0897. The Balaban J connectivity index is 1.75. The van der Waals surface area contributed by atoms with Gasteiger partial charge in [-0.25, -0.2) is 8.42 Å². The van der Waals surface area contributed by atoms with E-state index in [0.717, 1.165) is 38.6 Å². The molecule has 0 bridgehead atoms. The molecule has 0 spiro atoms. The van der Waals surface area contributed by atoms with Gasteiger partial charge in [-0.2, -0.15) is 0 Å². The van der Waals surface area contributed by atoms with Crippen LogP contribution in [0.1, 0.15) is 69.2 Å². The molecule has 1 saturated heterocycles. The van der Waals surface area contributed by atoms with Crippen molar-refractivity contribution in [3.05, 3.63) is 29.3 Å². The second-order valence-corrected chi connectivity index (χ2v) is 11.3. The van der Waals surface area contributed by atoms with Gasteiger partial charge in [-0.15, -0.1) is 0 Å². The van der Waals surface area contributed by atoms with E-state index in [2.05, 4.69) is 23.6 Å². The van der Waals surface area contributed by atoms with Crippen LogP contribution in [0.4, 0.5) is 0 Å². The van der Waals surface area contributed by atoms with Gasteiger partial charge in [-0.3, -0.25) is 4.79 Å². The van der Waals surface area contributed by atoms with Crippen molar-refractivity contribution in [1.82, 2.24) is 10.6 Å². The van der Waals surface area contributed by atoms with Crippen LogP contribution in [0.2, 0.25) is 0 Å². The predicted molar refractivity (Wildman–Crippen MR) is 123 cm³/mol. The van der Waals surface area contributed by atoms with Crippen LogP contribution in [-0.4, -0.2) is 51.4 Å². The molecule has 8 heteroatoms. The van der Waals surface area contributed by atoms with Crippen LogP contribution in [0.3, 0.4) is 0 Å². The molecule has 3 aliphatic rings. The maximum absolute atomic E-state index is 13.7. The van der Waals surface area contributed by atoms with E-state index < -0.39 is 15.4 Å². The minimum Gasteiger partial charge on any atom is -0.489 e. The van der Waals surface area contributed by atoms with E-state index in [0.29, 0.717) is 31.1 Å². The number of hydrogen-bond acceptors (Lipinski definition) is 6. The second kappa shape index (κ2) is 9.43. The van der Waals surface area contributed by atoms with Crippen molar-refractivity contribution >= 4 is 15.7 Å². The van der Waals surface area contributed by atoms with E-state index in [-0.39, 0.29) is 28.2 Å². The smallest absolute Gasteiger partial charge is 0.255 e. The minimum absolute atomic E-state index is 0.0513. The van der Waals surface area contributed by atoms with Gasteiger partial charge in [0.25, 0.3) is 5.91 Å². The number of allylic oxidation sites excluding steroid dienone is 1. The predicted octanol–water partition coefficient (Wildman–Crippen LogP) is 3.38. The van der Waals surface area contributed by atoms with Crippen molar-refractivity contribution in [2.75, 3.05) is 25.5 Å². The van der Waals surface area contributed by atoms with Gasteiger partial charge in [0.15, 0.2) is 21.3 Å². The number of hydrogen-bond donors (Lipinski definition) is 2. The third kappa shape index (κ3) is 4.53. The van der Waals surface area contributed by atoms with Crippen molar-refractivity contribution in [1.29, 1.82) is 0 Å². The summed E-state index contributed by atoms with van der Waals surface area (Å²) in [5.41, 5.74) is 0.917. The molecule has 7 nitrogen and oxygen atoms in total. The van der Waals surface area contributed by atoms with Crippen molar-refractivity contribution in [3.8, 4) is 11.5 Å². The molecule has 0 aromatic heterocycles. The Morgan fingerprint density at radius 3 is 2.69 bits per heavy atom. The zero-order valence-electron chi connectivity index (χ0n) is 19.0. The van der Waals surface area contributed by atoms with E-state index in [1.807, 2.05) is 0 Å². The average molecular weight is 463 g/mol. The molecule has 4 rings (SSSR count). The second-order valence-electron chi connectivity index (χ2n) is 9.03. The lowest BCUT2D eigenvalue weighted by atomic mass is 9.78. The van der Waals surface area contributed by atoms with Crippen LogP contribution >= 0.6 is 0 Å². The number of sulfone groups is 1. The molecule has 32 heavy (non-hydrogen) atoms. The number of ether oxygens (including phenoxy) is 2. The number of nitrogens with one attached hydrogen (secondary N) is 2. The summed E-state index contributed by atoms with van der Waals surface area (Å²) in [5, 5.41) is 6.85. The Morgan fingerprint density at radius 1 is 1.19 bits per heavy atom. The number of fused-ring (bicyclic) bond motifs is 1. The summed E-state index contributed by atoms with van der Waals surface area (Å²) >= 11 is 0. The lowest BCUT2D eigenvalue weighted by Crippen LogP contribution is -2.59. The normalized spacial score (nSPS) is 23.1. The van der Waals surface area contributed by atoms with Crippen LogP contribution in [0.15, 0.2) is 28.7 Å². The summed E-state index contributed by atoms with van der Waals surface area (Å²) in [7, 11) is -3.52. The molecule has 2 N–H and O–H groups in total. The SMILES string of the molecule is CCS(=O)(=O)c1cc2c(c(C(=O)NC(C)(C3=CCCCC3)C3CCCN3)c1)OCCCO2. The first-order chi connectivity index (χ1) is 15.3. The third-order valence-electron chi connectivity index (χ3n) is 6.89. The molecule has 1 fully saturated rings. The van der Waals surface area contributed by atoms with E-state index in [4.69, 9.17) is 9.47 Å². The topological polar surface area (TPSA) is 93.7 Å². The fourth-order valence-corrected chi connectivity index (χ4v) is 5.86. The Morgan fingerprint density at radius 2 is 2.00 bits per heavy atom. The average Bonchev–Trinajstić information content (AvgIpc) is 3.25. The summed E-state index contributed by atoms with van der Waals surface area (Å²) in [4.78, 5) is 13.8. The molecule has 2 atom stereocenters. The summed E-state index contributed by atoms with van der Waals surface area (Å²) in [5.74, 6) is 0.265. The molecule has 176 valence electrons. The van der Waals surface area contributed by atoms with E-state index in [1.54, 1.807) is 6.92 Å². The van der Waals surface area contributed by atoms with Crippen LogP contribution in [0.25, 0.3) is 0 Å². The highest BCUT2D eigenvalue weighted by molar-refractivity contribution is 7.91. The number of carbonyl (C=O) groups excluding carboxylic acids is 1. The molecule has 1 aromatic rings. The number of carbonyl (C=O) groups is 1. The summed E-state index contributed by atoms with van der Waals surface area (Å²) in [6.07, 6.45) is 9.24. The Hall–Kier alpha value is -2.06. The zero-order valence-corrected chi connectivity index (χ0v) is 19.9. The van der Waals surface area contributed by atoms with Gasteiger partial charge < -0.3 is 20.1 Å². The highest BCUT2D eigenvalue weighted by atomic mass is 32.2. The first-order valence-corrected chi connectivity index (χ1v) is 13.4. The Bertz CT molecular complexity index is 998. The summed E-state index contributed by atoms with van der Waals surface area (Å²) in [6.45, 7) is 5.45. The highest BCUT2D eigenvalue weighted by Gasteiger charge is 2.41. The molecule has 1 aliphatic carbocycles. The van der Waals surface area contributed by atoms with Crippen LogP contribution < -0.4 is 20.1 Å². The molecule has 0 saturated carbocycles. The largest absolute Gasteiger partial charge is 0.489 e. The fraction of sp³-hybridized carbons (Fsp3) is 0.625. The van der Waals surface area contributed by atoms with Gasteiger partial charge in [0.1, 0.15) is 0 Å². The van der Waals surface area contributed by atoms with Crippen molar-refractivity contribution in [2.45, 2.75) is 75.3 Å². The highest BCUT2D eigenvalue weighted by Crippen LogP contribution is 2.38. The van der Waals surface area contributed by atoms with Gasteiger partial charge in [-0.05, 0) is 63.6 Å². The molecular formula is C24H34N2O5S. The summed E-state index contributed by atoms with van der Waals surface area (Å²) in [6, 6.07) is 3.06. The molecule has 2 aliphatic heterocycles. The van der Waals surface area contributed by atoms with E-state index in [9.17, 15) is 13.2 Å². The first-order valence-electron chi connectivity index (χ1n) is 11.8. The van der Waals surface area contributed by atoms with E-state index >= 15 is 0 Å². The quantitative estimate of drug-likeness (QED) is 0.630. The van der Waals surface area contributed by atoms with Gasteiger partial charge in [0.05, 0.1) is 35.0 Å². The Labute approximate surface area is 190 Å². The third-order valence-corrected chi connectivity index (χ3v) is 8.61. The van der Waals surface area contributed by atoms with Crippen LogP contribution in [0, 0.1) is 0 Å². The molecular weight excluding hydrogens is 428 g/mol. The van der Waals surface area contributed by atoms with Crippen LogP contribution in [0.5, 0.6) is 11.5 Å². The lowest BCUT2D eigenvalue weighted by Gasteiger charge is -2.40. The monoisotopic (exact) mass is 462 g/mol. The maximum atomic E-state index is 13.7.